The molecule has 0 atom stereocenters. The highest BCUT2D eigenvalue weighted by molar-refractivity contribution is 7.99. The first-order valence-corrected chi connectivity index (χ1v) is 9.07. The number of thioether (sulfide) groups is 1. The molecule has 0 aliphatic heterocycles. The Balaban J connectivity index is 1.70. The molecule has 8 heteroatoms. The molecule has 3 aromatic rings. The quantitative estimate of drug-likeness (QED) is 0.531. The molecule has 0 fully saturated rings. The van der Waals surface area contributed by atoms with Crippen LogP contribution >= 0.6 is 11.8 Å². The Bertz CT molecular complexity index is 915. The van der Waals surface area contributed by atoms with E-state index in [4.69, 9.17) is 5.73 Å². The highest BCUT2D eigenvalue weighted by Gasteiger charge is 2.12. The summed E-state index contributed by atoms with van der Waals surface area (Å²) in [7, 11) is 0. The molecule has 0 bridgehead atoms. The van der Waals surface area contributed by atoms with Gasteiger partial charge in [-0.05, 0) is 32.9 Å². The maximum absolute atomic E-state index is 12.3. The summed E-state index contributed by atoms with van der Waals surface area (Å²) < 4.78 is 1.72. The minimum Gasteiger partial charge on any atom is -0.384 e. The molecule has 3 N–H and O–H groups in total. The maximum Gasteiger partial charge on any atom is 0.236 e. The lowest BCUT2D eigenvalue weighted by Gasteiger charge is -2.09. The van der Waals surface area contributed by atoms with E-state index in [9.17, 15) is 4.79 Å². The first-order valence-electron chi connectivity index (χ1n) is 8.08. The number of benzene rings is 1. The molecule has 0 unspecified atom stereocenters. The van der Waals surface area contributed by atoms with Crippen LogP contribution < -0.4 is 11.1 Å². The summed E-state index contributed by atoms with van der Waals surface area (Å²) in [6.07, 6.45) is 0. The number of carbonyl (C=O) groups is 1. The minimum atomic E-state index is -0.160. The van der Waals surface area contributed by atoms with E-state index in [1.54, 1.807) is 10.7 Å². The van der Waals surface area contributed by atoms with Gasteiger partial charge in [-0.2, -0.15) is 5.10 Å². The monoisotopic (exact) mass is 368 g/mol. The SMILES string of the molecule is Cc1ccc(-n2nc(C)cc2NC(=O)CSc2nc(C)cc(N)n2)cc1. The third kappa shape index (κ3) is 4.40. The Morgan fingerprint density at radius 2 is 1.85 bits per heavy atom. The van der Waals surface area contributed by atoms with Crippen molar-refractivity contribution in [1.82, 2.24) is 19.7 Å². The molecule has 0 radical (unpaired) electrons. The van der Waals surface area contributed by atoms with Crippen molar-refractivity contribution in [3.8, 4) is 5.69 Å². The number of carbonyl (C=O) groups excluding carboxylic acids is 1. The van der Waals surface area contributed by atoms with Crippen molar-refractivity contribution in [3.05, 3.63) is 53.3 Å². The fraction of sp³-hybridized carbons (Fsp3) is 0.222. The van der Waals surface area contributed by atoms with Crippen LogP contribution in [0.5, 0.6) is 0 Å². The minimum absolute atomic E-state index is 0.160. The van der Waals surface area contributed by atoms with E-state index in [0.29, 0.717) is 16.8 Å². The number of hydrogen-bond donors (Lipinski definition) is 2. The van der Waals surface area contributed by atoms with Gasteiger partial charge in [0.2, 0.25) is 5.91 Å². The first kappa shape index (κ1) is 17.9. The lowest BCUT2D eigenvalue weighted by atomic mass is 10.2. The average molecular weight is 368 g/mol. The van der Waals surface area contributed by atoms with Crippen molar-refractivity contribution < 1.29 is 4.79 Å². The van der Waals surface area contributed by atoms with Crippen LogP contribution in [0.3, 0.4) is 0 Å². The molecule has 1 aromatic carbocycles. The number of aromatic nitrogens is 4. The number of nitrogens with one attached hydrogen (secondary N) is 1. The smallest absolute Gasteiger partial charge is 0.236 e. The van der Waals surface area contributed by atoms with E-state index in [-0.39, 0.29) is 11.7 Å². The molecule has 0 spiro atoms. The number of nitrogens with two attached hydrogens (primary N) is 1. The van der Waals surface area contributed by atoms with Crippen molar-refractivity contribution in [2.75, 3.05) is 16.8 Å². The summed E-state index contributed by atoms with van der Waals surface area (Å²) in [5.74, 6) is 1.04. The summed E-state index contributed by atoms with van der Waals surface area (Å²) in [5, 5.41) is 7.84. The van der Waals surface area contributed by atoms with Crippen LogP contribution in [0.2, 0.25) is 0 Å². The van der Waals surface area contributed by atoms with E-state index >= 15 is 0 Å². The number of aryl methyl sites for hydroxylation is 3. The first-order chi connectivity index (χ1) is 12.4. The average Bonchev–Trinajstić information content (AvgIpc) is 2.93. The maximum atomic E-state index is 12.3. The predicted octanol–water partition coefficient (Wildman–Crippen LogP) is 2.90. The molecule has 0 saturated heterocycles. The predicted molar refractivity (Wildman–Crippen MR) is 104 cm³/mol. The van der Waals surface area contributed by atoms with E-state index in [1.165, 1.54) is 11.8 Å². The molecule has 3 rings (SSSR count). The van der Waals surface area contributed by atoms with E-state index in [0.717, 1.165) is 22.6 Å². The number of rotatable bonds is 5. The van der Waals surface area contributed by atoms with Crippen LogP contribution in [0.4, 0.5) is 11.6 Å². The fourth-order valence-corrected chi connectivity index (χ4v) is 3.12. The van der Waals surface area contributed by atoms with Crippen LogP contribution in [0, 0.1) is 20.8 Å². The van der Waals surface area contributed by atoms with Gasteiger partial charge in [-0.3, -0.25) is 4.79 Å². The molecule has 134 valence electrons. The van der Waals surface area contributed by atoms with Crippen molar-refractivity contribution in [1.29, 1.82) is 0 Å². The van der Waals surface area contributed by atoms with Gasteiger partial charge in [0.25, 0.3) is 0 Å². The Labute approximate surface area is 156 Å². The van der Waals surface area contributed by atoms with Gasteiger partial charge in [-0.15, -0.1) is 0 Å². The second kappa shape index (κ2) is 7.57. The molecular formula is C18H20N6OS. The zero-order chi connectivity index (χ0) is 18.7. The lowest BCUT2D eigenvalue weighted by molar-refractivity contribution is -0.113. The van der Waals surface area contributed by atoms with Crippen LogP contribution in [-0.4, -0.2) is 31.4 Å². The Kier molecular flexibility index (Phi) is 5.22. The molecule has 1 amide bonds. The van der Waals surface area contributed by atoms with Crippen molar-refractivity contribution in [3.63, 3.8) is 0 Å². The van der Waals surface area contributed by atoms with Gasteiger partial charge in [0.1, 0.15) is 11.6 Å². The van der Waals surface area contributed by atoms with Gasteiger partial charge in [-0.25, -0.2) is 14.6 Å². The standard InChI is InChI=1S/C18H20N6OS/c1-11-4-6-14(7-5-11)24-16(9-13(3)23-24)22-17(25)10-26-18-20-12(2)8-15(19)21-18/h4-9H,10H2,1-3H3,(H,22,25)(H2,19,20,21). The van der Waals surface area contributed by atoms with Crippen molar-refractivity contribution in [2.24, 2.45) is 0 Å². The second-order valence-electron chi connectivity index (χ2n) is 5.97. The molecule has 0 aliphatic carbocycles. The lowest BCUT2D eigenvalue weighted by Crippen LogP contribution is -2.17. The molecular weight excluding hydrogens is 348 g/mol. The van der Waals surface area contributed by atoms with E-state index in [2.05, 4.69) is 20.4 Å². The van der Waals surface area contributed by atoms with Gasteiger partial charge in [0.15, 0.2) is 5.16 Å². The number of nitrogen functional groups attached to an aromatic ring is 1. The zero-order valence-corrected chi connectivity index (χ0v) is 15.7. The number of anilines is 2. The summed E-state index contributed by atoms with van der Waals surface area (Å²) in [6.45, 7) is 5.75. The molecule has 0 aliphatic rings. The van der Waals surface area contributed by atoms with Crippen LogP contribution in [0.15, 0.2) is 41.6 Å². The van der Waals surface area contributed by atoms with Gasteiger partial charge >= 0.3 is 0 Å². The zero-order valence-electron chi connectivity index (χ0n) is 14.9. The largest absolute Gasteiger partial charge is 0.384 e. The summed E-state index contributed by atoms with van der Waals surface area (Å²) in [4.78, 5) is 20.7. The van der Waals surface area contributed by atoms with Crippen LogP contribution in [-0.2, 0) is 4.79 Å². The van der Waals surface area contributed by atoms with Crippen LogP contribution in [0.1, 0.15) is 17.0 Å². The Morgan fingerprint density at radius 3 is 2.54 bits per heavy atom. The Hall–Kier alpha value is -2.87. The van der Waals surface area contributed by atoms with E-state index < -0.39 is 0 Å². The third-order valence-corrected chi connectivity index (χ3v) is 4.41. The summed E-state index contributed by atoms with van der Waals surface area (Å²) in [6, 6.07) is 11.5. The molecule has 0 saturated carbocycles. The number of hydrogen-bond acceptors (Lipinski definition) is 6. The normalized spacial score (nSPS) is 10.7. The molecule has 2 heterocycles. The fourth-order valence-electron chi connectivity index (χ4n) is 2.41. The van der Waals surface area contributed by atoms with Gasteiger partial charge < -0.3 is 11.1 Å². The molecule has 7 nitrogen and oxygen atoms in total. The van der Waals surface area contributed by atoms with Gasteiger partial charge in [-0.1, -0.05) is 29.5 Å². The van der Waals surface area contributed by atoms with Gasteiger partial charge in [0.05, 0.1) is 17.1 Å². The Morgan fingerprint density at radius 1 is 1.12 bits per heavy atom. The van der Waals surface area contributed by atoms with Crippen LogP contribution in [0.25, 0.3) is 5.69 Å². The highest BCUT2D eigenvalue weighted by Crippen LogP contribution is 2.19. The topological polar surface area (TPSA) is 98.7 Å². The second-order valence-corrected chi connectivity index (χ2v) is 6.91. The molecule has 26 heavy (non-hydrogen) atoms. The third-order valence-electron chi connectivity index (χ3n) is 3.56. The highest BCUT2D eigenvalue weighted by atomic mass is 32.2. The number of amides is 1. The van der Waals surface area contributed by atoms with E-state index in [1.807, 2.05) is 51.1 Å². The summed E-state index contributed by atoms with van der Waals surface area (Å²) in [5.41, 5.74) is 9.36. The molecule has 2 aromatic heterocycles. The van der Waals surface area contributed by atoms with Crippen molar-refractivity contribution in [2.45, 2.75) is 25.9 Å². The number of nitrogens with zero attached hydrogens (tertiary/aromatic N) is 4. The van der Waals surface area contributed by atoms with Crippen molar-refractivity contribution >= 4 is 29.3 Å². The van der Waals surface area contributed by atoms with Gasteiger partial charge in [0, 0.05) is 17.8 Å². The summed E-state index contributed by atoms with van der Waals surface area (Å²) >= 11 is 1.24.